The summed E-state index contributed by atoms with van der Waals surface area (Å²) in [6, 6.07) is 4.24. The molecular formula is C17H23N3. The third-order valence-corrected chi connectivity index (χ3v) is 3.61. The van der Waals surface area contributed by atoms with E-state index in [0.29, 0.717) is 0 Å². The summed E-state index contributed by atoms with van der Waals surface area (Å²) < 4.78 is 1.96. The van der Waals surface area contributed by atoms with Gasteiger partial charge in [-0.2, -0.15) is 5.10 Å². The fourth-order valence-corrected chi connectivity index (χ4v) is 2.42. The molecule has 20 heavy (non-hydrogen) atoms. The van der Waals surface area contributed by atoms with E-state index in [1.807, 2.05) is 24.9 Å². The van der Waals surface area contributed by atoms with E-state index in [1.54, 1.807) is 0 Å². The smallest absolute Gasteiger partial charge is 0.0745 e. The number of hydrogen-bond acceptors (Lipinski definition) is 2. The van der Waals surface area contributed by atoms with Gasteiger partial charge >= 0.3 is 0 Å². The first-order valence-electron chi connectivity index (χ1n) is 7.24. The molecule has 0 aromatic carbocycles. The summed E-state index contributed by atoms with van der Waals surface area (Å²) in [5, 5.41) is 4.39. The lowest BCUT2D eigenvalue weighted by molar-refractivity contribution is 0.698. The summed E-state index contributed by atoms with van der Waals surface area (Å²) >= 11 is 0. The molecule has 3 nitrogen and oxygen atoms in total. The van der Waals surface area contributed by atoms with Crippen molar-refractivity contribution in [2.75, 3.05) is 0 Å². The topological polar surface area (TPSA) is 30.7 Å². The van der Waals surface area contributed by atoms with Crippen molar-refractivity contribution in [3.63, 3.8) is 0 Å². The van der Waals surface area contributed by atoms with E-state index in [2.05, 4.69) is 42.6 Å². The van der Waals surface area contributed by atoms with Crippen LogP contribution < -0.4 is 0 Å². The third kappa shape index (κ3) is 2.82. The van der Waals surface area contributed by atoms with Gasteiger partial charge in [0.15, 0.2) is 0 Å². The molecule has 106 valence electrons. The average Bonchev–Trinajstić information content (AvgIpc) is 2.79. The van der Waals surface area contributed by atoms with E-state index in [9.17, 15) is 0 Å². The van der Waals surface area contributed by atoms with Crippen molar-refractivity contribution in [3.8, 4) is 11.3 Å². The highest BCUT2D eigenvalue weighted by Gasteiger charge is 2.12. The number of aromatic nitrogens is 3. The van der Waals surface area contributed by atoms with Crippen molar-refractivity contribution >= 4 is 5.57 Å². The fraction of sp³-hybridized carbons (Fsp3) is 0.412. The predicted molar refractivity (Wildman–Crippen MR) is 84.5 cm³/mol. The maximum Gasteiger partial charge on any atom is 0.0745 e. The van der Waals surface area contributed by atoms with Crippen LogP contribution in [-0.4, -0.2) is 14.8 Å². The van der Waals surface area contributed by atoms with Crippen LogP contribution in [0.5, 0.6) is 0 Å². The molecule has 2 aromatic heterocycles. The predicted octanol–water partition coefficient (Wildman–Crippen LogP) is 4.17. The van der Waals surface area contributed by atoms with E-state index in [-0.39, 0.29) is 0 Å². The quantitative estimate of drug-likeness (QED) is 0.815. The molecule has 0 unspecified atom stereocenters. The van der Waals surface area contributed by atoms with Crippen LogP contribution in [0.2, 0.25) is 0 Å². The van der Waals surface area contributed by atoms with Gasteiger partial charge in [0, 0.05) is 24.0 Å². The van der Waals surface area contributed by atoms with Crippen molar-refractivity contribution < 1.29 is 0 Å². The van der Waals surface area contributed by atoms with Crippen LogP contribution in [0.1, 0.15) is 43.6 Å². The molecule has 3 heteroatoms. The van der Waals surface area contributed by atoms with Gasteiger partial charge < -0.3 is 0 Å². The van der Waals surface area contributed by atoms with E-state index < -0.39 is 0 Å². The van der Waals surface area contributed by atoms with Gasteiger partial charge in [-0.05, 0) is 43.0 Å². The molecule has 0 fully saturated rings. The Hall–Kier alpha value is -1.90. The number of aryl methyl sites for hydroxylation is 2. The summed E-state index contributed by atoms with van der Waals surface area (Å²) in [5.74, 6) is 0. The zero-order valence-electron chi connectivity index (χ0n) is 12.9. The Balaban J connectivity index is 2.52. The molecule has 0 aliphatic heterocycles. The van der Waals surface area contributed by atoms with Gasteiger partial charge in [-0.1, -0.05) is 26.8 Å². The second-order valence-corrected chi connectivity index (χ2v) is 5.22. The van der Waals surface area contributed by atoms with Crippen LogP contribution in [0, 0.1) is 6.92 Å². The number of nitrogens with zero attached hydrogens (tertiary/aromatic N) is 3. The number of rotatable bonds is 5. The minimum atomic E-state index is 0.956. The Labute approximate surface area is 121 Å². The monoisotopic (exact) mass is 269 g/mol. The van der Waals surface area contributed by atoms with Gasteiger partial charge in [-0.25, -0.2) is 0 Å². The van der Waals surface area contributed by atoms with Gasteiger partial charge in [0.25, 0.3) is 0 Å². The molecule has 0 bridgehead atoms. The van der Waals surface area contributed by atoms with Crippen LogP contribution in [0.15, 0.2) is 24.9 Å². The molecule has 0 saturated carbocycles. The largest absolute Gasteiger partial charge is 0.272 e. The average molecular weight is 269 g/mol. The van der Waals surface area contributed by atoms with Gasteiger partial charge in [-0.3, -0.25) is 9.67 Å². The third-order valence-electron chi connectivity index (χ3n) is 3.61. The summed E-state index contributed by atoms with van der Waals surface area (Å²) in [6.45, 7) is 10.5. The molecule has 0 aliphatic carbocycles. The van der Waals surface area contributed by atoms with Gasteiger partial charge in [0.2, 0.25) is 0 Å². The Bertz CT molecular complexity index is 623. The SMILES string of the molecule is C=C(CC)c1cc(C)nc(-c2cnn(C)c2CCC)c1. The lowest BCUT2D eigenvalue weighted by Gasteiger charge is -2.09. The highest BCUT2D eigenvalue weighted by atomic mass is 15.3. The van der Waals surface area contributed by atoms with Crippen LogP contribution >= 0.6 is 0 Å². The van der Waals surface area contributed by atoms with Crippen LogP contribution in [-0.2, 0) is 13.5 Å². The minimum Gasteiger partial charge on any atom is -0.272 e. The molecule has 0 saturated heterocycles. The van der Waals surface area contributed by atoms with Crippen molar-refractivity contribution in [2.45, 2.75) is 40.0 Å². The number of hydrogen-bond donors (Lipinski definition) is 0. The molecule has 2 heterocycles. The molecule has 0 atom stereocenters. The Morgan fingerprint density at radius 1 is 1.30 bits per heavy atom. The molecule has 0 aliphatic rings. The highest BCUT2D eigenvalue weighted by molar-refractivity contribution is 5.70. The highest BCUT2D eigenvalue weighted by Crippen LogP contribution is 2.26. The molecule has 0 amide bonds. The van der Waals surface area contributed by atoms with Gasteiger partial charge in [0.05, 0.1) is 11.9 Å². The molecule has 0 radical (unpaired) electrons. The van der Waals surface area contributed by atoms with Gasteiger partial charge in [0.1, 0.15) is 0 Å². The van der Waals surface area contributed by atoms with E-state index in [4.69, 9.17) is 0 Å². The second-order valence-electron chi connectivity index (χ2n) is 5.22. The molecule has 2 rings (SSSR count). The van der Waals surface area contributed by atoms with Crippen molar-refractivity contribution in [2.24, 2.45) is 7.05 Å². The van der Waals surface area contributed by atoms with E-state index >= 15 is 0 Å². The molecule has 2 aromatic rings. The van der Waals surface area contributed by atoms with E-state index in [0.717, 1.165) is 41.8 Å². The molecular weight excluding hydrogens is 246 g/mol. The summed E-state index contributed by atoms with van der Waals surface area (Å²) in [5.41, 5.74) is 6.75. The first-order chi connectivity index (χ1) is 9.56. The normalized spacial score (nSPS) is 10.8. The summed E-state index contributed by atoms with van der Waals surface area (Å²) in [7, 11) is 2.00. The molecule has 0 N–H and O–H groups in total. The first-order valence-corrected chi connectivity index (χ1v) is 7.24. The van der Waals surface area contributed by atoms with Crippen molar-refractivity contribution in [1.82, 2.24) is 14.8 Å². The Kier molecular flexibility index (Phi) is 4.38. The zero-order chi connectivity index (χ0) is 14.7. The summed E-state index contributed by atoms with van der Waals surface area (Å²) in [6.07, 6.45) is 5.00. The van der Waals surface area contributed by atoms with Crippen LogP contribution in [0.4, 0.5) is 0 Å². The van der Waals surface area contributed by atoms with Crippen LogP contribution in [0.3, 0.4) is 0 Å². The van der Waals surface area contributed by atoms with Crippen molar-refractivity contribution in [1.29, 1.82) is 0 Å². The second kappa shape index (κ2) is 6.04. The Morgan fingerprint density at radius 3 is 2.70 bits per heavy atom. The zero-order valence-corrected chi connectivity index (χ0v) is 12.9. The standard InChI is InChI=1S/C17H23N3/c1-6-8-17-15(11-18-20(17)5)16-10-14(12(3)7-2)9-13(4)19-16/h9-11H,3,6-8H2,1-2,4-5H3. The summed E-state index contributed by atoms with van der Waals surface area (Å²) in [4.78, 5) is 4.68. The number of pyridine rings is 1. The fourth-order valence-electron chi connectivity index (χ4n) is 2.42. The van der Waals surface area contributed by atoms with Crippen LogP contribution in [0.25, 0.3) is 16.8 Å². The first kappa shape index (κ1) is 14.5. The lowest BCUT2D eigenvalue weighted by Crippen LogP contribution is -2.00. The number of allylic oxidation sites excluding steroid dienone is 1. The maximum atomic E-state index is 4.68. The van der Waals surface area contributed by atoms with Gasteiger partial charge in [-0.15, -0.1) is 0 Å². The Morgan fingerprint density at radius 2 is 2.05 bits per heavy atom. The van der Waals surface area contributed by atoms with E-state index in [1.165, 1.54) is 11.3 Å². The maximum absolute atomic E-state index is 4.68. The molecule has 0 spiro atoms. The van der Waals surface area contributed by atoms with Crippen molar-refractivity contribution in [3.05, 3.63) is 41.9 Å². The lowest BCUT2D eigenvalue weighted by atomic mass is 10.0. The minimum absolute atomic E-state index is 0.956.